The zero-order valence-corrected chi connectivity index (χ0v) is 15.1. The van der Waals surface area contributed by atoms with Crippen molar-refractivity contribution in [1.29, 1.82) is 0 Å². The highest BCUT2D eigenvalue weighted by Crippen LogP contribution is 2.26. The molecule has 1 heterocycles. The van der Waals surface area contributed by atoms with Gasteiger partial charge in [-0.2, -0.15) is 14.0 Å². The van der Waals surface area contributed by atoms with Crippen LogP contribution in [-0.2, 0) is 25.8 Å². The van der Waals surface area contributed by atoms with Gasteiger partial charge in [-0.15, -0.1) is 0 Å². The Kier molecular flexibility index (Phi) is 6.82. The van der Waals surface area contributed by atoms with Crippen LogP contribution in [-0.4, -0.2) is 33.4 Å². The molecule has 0 fully saturated rings. The van der Waals surface area contributed by atoms with E-state index in [0.717, 1.165) is 37.9 Å². The largest absolute Gasteiger partial charge is 0.508 e. The summed E-state index contributed by atoms with van der Waals surface area (Å²) in [6, 6.07) is 11.5. The first-order valence-electron chi connectivity index (χ1n) is 8.06. The minimum absolute atomic E-state index is 0.339. The molecule has 0 saturated heterocycles. The quantitative estimate of drug-likeness (QED) is 0.517. The van der Waals surface area contributed by atoms with Crippen LogP contribution in [0.3, 0.4) is 0 Å². The summed E-state index contributed by atoms with van der Waals surface area (Å²) in [5, 5.41) is 19.8. The molecule has 0 bridgehead atoms. The number of aryl methyl sites for hydroxylation is 2. The fourth-order valence-electron chi connectivity index (χ4n) is 3.06. The standard InChI is InChI=1S/C18H21NO2.ClHO4/c1-19-10-9-15-11-16(20)8-7-13(15)5-6-14-3-2-4-18(21)17(14)12-19;2-1(3,4)5/h2-4,7-8,11,20-21H,5-6,9-10,12H2,1H3;(H,2,3,4,5). The lowest BCUT2D eigenvalue weighted by atomic mass is 9.94. The van der Waals surface area contributed by atoms with Crippen LogP contribution < -0.4 is 14.0 Å². The van der Waals surface area contributed by atoms with Crippen LogP contribution >= 0.6 is 0 Å². The van der Waals surface area contributed by atoms with E-state index in [4.69, 9.17) is 18.6 Å². The van der Waals surface area contributed by atoms with Crippen molar-refractivity contribution in [3.8, 4) is 11.5 Å². The molecular weight excluding hydrogens is 362 g/mol. The summed E-state index contributed by atoms with van der Waals surface area (Å²) in [6.07, 6.45) is 2.77. The highest BCUT2D eigenvalue weighted by Gasteiger charge is 2.14. The molecule has 3 rings (SSSR count). The van der Waals surface area contributed by atoms with Crippen molar-refractivity contribution in [3.05, 3.63) is 58.7 Å². The van der Waals surface area contributed by atoms with Gasteiger partial charge in [-0.1, -0.05) is 18.2 Å². The number of fused-ring (bicyclic) bond motifs is 2. The number of phenols is 2. The molecule has 8 heteroatoms. The number of hydrogen-bond donors (Lipinski definition) is 3. The van der Waals surface area contributed by atoms with E-state index in [2.05, 4.69) is 18.0 Å². The molecule has 0 aromatic heterocycles. The van der Waals surface area contributed by atoms with Crippen LogP contribution in [0.1, 0.15) is 22.3 Å². The first-order valence-corrected chi connectivity index (χ1v) is 9.32. The molecule has 0 saturated carbocycles. The van der Waals surface area contributed by atoms with Crippen molar-refractivity contribution >= 4 is 0 Å². The molecular formula is C18H22ClNO6. The number of aromatic hydroxyl groups is 2. The minimum Gasteiger partial charge on any atom is -0.508 e. The highest BCUT2D eigenvalue weighted by molar-refractivity contribution is 5.41. The second kappa shape index (κ2) is 8.68. The summed E-state index contributed by atoms with van der Waals surface area (Å²) in [4.78, 5) is 2.22. The van der Waals surface area contributed by atoms with Crippen molar-refractivity contribution in [2.45, 2.75) is 25.8 Å². The normalized spacial score (nSPS) is 15.3. The van der Waals surface area contributed by atoms with Crippen LogP contribution in [0.5, 0.6) is 11.5 Å². The fraction of sp³-hybridized carbons (Fsp3) is 0.333. The second-order valence-electron chi connectivity index (χ2n) is 6.25. The molecule has 0 aliphatic carbocycles. The molecule has 0 unspecified atom stereocenters. The predicted molar refractivity (Wildman–Crippen MR) is 85.9 cm³/mol. The summed E-state index contributed by atoms with van der Waals surface area (Å²) >= 11 is 0. The Hall–Kier alpha value is -1.87. The monoisotopic (exact) mass is 383 g/mol. The van der Waals surface area contributed by atoms with E-state index in [1.54, 1.807) is 12.1 Å². The third kappa shape index (κ3) is 6.45. The number of rotatable bonds is 0. The minimum atomic E-state index is -4.69. The SMILES string of the molecule is CN1CCc2cc(O)ccc2CCc2cccc(O)c2C1.[O-][Cl+3]([O-])([O-])O. The molecule has 3 N–H and O–H groups in total. The van der Waals surface area contributed by atoms with Gasteiger partial charge in [0.1, 0.15) is 11.5 Å². The van der Waals surface area contributed by atoms with Crippen molar-refractivity contribution in [3.63, 3.8) is 0 Å². The Bertz CT molecular complexity index is 741. The van der Waals surface area contributed by atoms with Gasteiger partial charge in [-0.05, 0) is 61.2 Å². The van der Waals surface area contributed by atoms with E-state index in [0.29, 0.717) is 11.5 Å². The van der Waals surface area contributed by atoms with Gasteiger partial charge in [-0.3, -0.25) is 0 Å². The molecule has 7 nitrogen and oxygen atoms in total. The number of halogens is 1. The van der Waals surface area contributed by atoms with E-state index >= 15 is 0 Å². The maximum absolute atomic E-state index is 10.1. The van der Waals surface area contributed by atoms with Gasteiger partial charge in [0.25, 0.3) is 0 Å². The molecule has 0 spiro atoms. The third-order valence-electron chi connectivity index (χ3n) is 4.29. The van der Waals surface area contributed by atoms with Crippen molar-refractivity contribution in [2.24, 2.45) is 0 Å². The zero-order valence-electron chi connectivity index (χ0n) is 14.4. The van der Waals surface area contributed by atoms with Gasteiger partial charge in [0.15, 0.2) is 0 Å². The summed E-state index contributed by atoms with van der Waals surface area (Å²) in [6.45, 7) is 1.67. The van der Waals surface area contributed by atoms with Gasteiger partial charge in [0, 0.05) is 18.7 Å². The zero-order chi connectivity index (χ0) is 19.3. The number of nitrogens with zero attached hydrogens (tertiary/aromatic N) is 1. The fourth-order valence-corrected chi connectivity index (χ4v) is 3.06. The summed E-state index contributed by atoms with van der Waals surface area (Å²) in [7, 11) is -2.62. The van der Waals surface area contributed by atoms with Gasteiger partial charge in [0.05, 0.1) is 14.9 Å². The number of likely N-dealkylation sites (N-methyl/N-ethyl adjacent to an activating group) is 1. The van der Waals surface area contributed by atoms with E-state index in [1.807, 2.05) is 18.2 Å². The van der Waals surface area contributed by atoms with E-state index in [9.17, 15) is 10.2 Å². The lowest BCUT2D eigenvalue weighted by Crippen LogP contribution is -2.58. The van der Waals surface area contributed by atoms with Crippen molar-refractivity contribution < 1.29 is 39.1 Å². The maximum Gasteiger partial charge on any atom is 0.120 e. The smallest absolute Gasteiger partial charge is 0.120 e. The first-order chi connectivity index (χ1) is 12.1. The topological polar surface area (TPSA) is 133 Å². The summed E-state index contributed by atoms with van der Waals surface area (Å²) in [5.41, 5.74) is 4.77. The van der Waals surface area contributed by atoms with Gasteiger partial charge < -0.3 is 15.1 Å². The molecule has 2 aromatic carbocycles. The predicted octanol–water partition coefficient (Wildman–Crippen LogP) is -1.25. The van der Waals surface area contributed by atoms with E-state index < -0.39 is 10.2 Å². The highest BCUT2D eigenvalue weighted by atomic mass is 35.7. The van der Waals surface area contributed by atoms with E-state index in [1.165, 1.54) is 16.7 Å². The Morgan fingerprint density at radius 2 is 1.58 bits per heavy atom. The van der Waals surface area contributed by atoms with Crippen LogP contribution in [0.25, 0.3) is 0 Å². The Morgan fingerprint density at radius 3 is 2.27 bits per heavy atom. The van der Waals surface area contributed by atoms with E-state index in [-0.39, 0.29) is 0 Å². The van der Waals surface area contributed by atoms with Gasteiger partial charge in [-0.25, -0.2) is 0 Å². The average molecular weight is 384 g/mol. The molecule has 142 valence electrons. The van der Waals surface area contributed by atoms with Gasteiger partial charge in [0.2, 0.25) is 0 Å². The molecule has 0 radical (unpaired) electrons. The van der Waals surface area contributed by atoms with Crippen LogP contribution in [0.15, 0.2) is 36.4 Å². The Morgan fingerprint density at radius 1 is 0.923 bits per heavy atom. The molecule has 0 atom stereocenters. The average Bonchev–Trinajstić information content (AvgIpc) is 2.53. The van der Waals surface area contributed by atoms with Crippen LogP contribution in [0, 0.1) is 10.2 Å². The van der Waals surface area contributed by atoms with Crippen LogP contribution in [0.4, 0.5) is 0 Å². The first kappa shape index (κ1) is 20.4. The molecule has 1 aliphatic heterocycles. The maximum atomic E-state index is 10.1. The van der Waals surface area contributed by atoms with Crippen molar-refractivity contribution in [1.82, 2.24) is 4.90 Å². The molecule has 1 aliphatic rings. The lowest BCUT2D eigenvalue weighted by molar-refractivity contribution is -1.92. The lowest BCUT2D eigenvalue weighted by Gasteiger charge is -2.22. The Balaban J connectivity index is 0.000000431. The number of phenolic OH excluding ortho intramolecular Hbond substituents is 2. The van der Waals surface area contributed by atoms with Crippen molar-refractivity contribution in [2.75, 3.05) is 13.6 Å². The van der Waals surface area contributed by atoms with Gasteiger partial charge >= 0.3 is 0 Å². The molecule has 2 aromatic rings. The number of benzene rings is 2. The molecule has 26 heavy (non-hydrogen) atoms. The number of hydrogen-bond acceptors (Lipinski definition) is 7. The summed E-state index contributed by atoms with van der Waals surface area (Å²) in [5.74, 6) is 0.734. The summed E-state index contributed by atoms with van der Waals surface area (Å²) < 4.78 is 32.7. The molecule has 0 amide bonds. The Labute approximate surface area is 154 Å². The third-order valence-corrected chi connectivity index (χ3v) is 4.29. The second-order valence-corrected chi connectivity index (χ2v) is 7.04. The van der Waals surface area contributed by atoms with Crippen LogP contribution in [0.2, 0.25) is 0 Å².